The van der Waals surface area contributed by atoms with Crippen molar-refractivity contribution >= 4 is 11.0 Å². The monoisotopic (exact) mass is 199 g/mol. The highest BCUT2D eigenvalue weighted by Crippen LogP contribution is 2.20. The van der Waals surface area contributed by atoms with E-state index in [1.807, 2.05) is 11.5 Å². The number of aromatic nitrogens is 2. The number of nitriles is 1. The molecule has 2 aromatic rings. The molecule has 0 N–H and O–H groups in total. The second-order valence-corrected chi connectivity index (χ2v) is 3.83. The summed E-state index contributed by atoms with van der Waals surface area (Å²) >= 11 is 0. The lowest BCUT2D eigenvalue weighted by atomic mass is 10.1. The molecule has 0 radical (unpaired) electrons. The first kappa shape index (κ1) is 9.72. The zero-order valence-electron chi connectivity index (χ0n) is 9.20. The minimum Gasteiger partial charge on any atom is -0.314 e. The third kappa shape index (κ3) is 1.48. The summed E-state index contributed by atoms with van der Waals surface area (Å²) in [7, 11) is 0. The van der Waals surface area contributed by atoms with Crippen molar-refractivity contribution in [2.45, 2.75) is 27.3 Å². The Bertz CT molecular complexity index is 558. The van der Waals surface area contributed by atoms with Gasteiger partial charge in [0.05, 0.1) is 17.1 Å². The molecule has 0 spiro atoms. The Morgan fingerprint density at radius 3 is 2.60 bits per heavy atom. The number of rotatable bonds is 1. The van der Waals surface area contributed by atoms with Crippen LogP contribution in [0.1, 0.15) is 17.0 Å². The van der Waals surface area contributed by atoms with Crippen LogP contribution in [0.4, 0.5) is 0 Å². The van der Waals surface area contributed by atoms with E-state index in [4.69, 9.17) is 5.26 Å². The number of hydrogen-bond acceptors (Lipinski definition) is 2. The molecule has 2 rings (SSSR count). The van der Waals surface area contributed by atoms with Crippen LogP contribution in [-0.4, -0.2) is 9.55 Å². The summed E-state index contributed by atoms with van der Waals surface area (Å²) < 4.78 is 1.95. The van der Waals surface area contributed by atoms with E-state index < -0.39 is 0 Å². The van der Waals surface area contributed by atoms with Crippen LogP contribution in [0.3, 0.4) is 0 Å². The number of benzene rings is 1. The number of fused-ring (bicyclic) bond motifs is 1. The molecule has 0 atom stereocenters. The molecule has 0 aliphatic carbocycles. The van der Waals surface area contributed by atoms with E-state index in [2.05, 4.69) is 37.0 Å². The number of nitrogens with zero attached hydrogens (tertiary/aromatic N) is 3. The molecule has 0 aliphatic heterocycles. The van der Waals surface area contributed by atoms with Crippen LogP contribution in [0.25, 0.3) is 11.0 Å². The van der Waals surface area contributed by atoms with Gasteiger partial charge in [0.2, 0.25) is 0 Å². The normalized spacial score (nSPS) is 10.5. The Kier molecular flexibility index (Phi) is 2.20. The highest BCUT2D eigenvalue weighted by molar-refractivity contribution is 5.78. The molecule has 0 saturated carbocycles. The van der Waals surface area contributed by atoms with Crippen molar-refractivity contribution in [2.75, 3.05) is 0 Å². The Hall–Kier alpha value is -1.82. The average molecular weight is 199 g/mol. The minimum atomic E-state index is 0.366. The fourth-order valence-electron chi connectivity index (χ4n) is 1.77. The van der Waals surface area contributed by atoms with Gasteiger partial charge in [0.1, 0.15) is 12.4 Å². The standard InChI is InChI=1S/C12H13N3/c1-8-6-11-12(7-9(8)2)15(5-4-13)10(3)14-11/h6-7H,5H2,1-3H3. The average Bonchev–Trinajstić information content (AvgIpc) is 2.46. The van der Waals surface area contributed by atoms with Gasteiger partial charge in [-0.15, -0.1) is 0 Å². The second kappa shape index (κ2) is 3.39. The Morgan fingerprint density at radius 2 is 1.93 bits per heavy atom. The quantitative estimate of drug-likeness (QED) is 0.708. The van der Waals surface area contributed by atoms with Crippen LogP contribution < -0.4 is 0 Å². The lowest BCUT2D eigenvalue weighted by molar-refractivity contribution is 0.815. The first-order chi connectivity index (χ1) is 7.13. The summed E-state index contributed by atoms with van der Waals surface area (Å²) in [5, 5.41) is 8.75. The first-order valence-corrected chi connectivity index (χ1v) is 4.94. The first-order valence-electron chi connectivity index (χ1n) is 4.94. The molecular formula is C12H13N3. The fraction of sp³-hybridized carbons (Fsp3) is 0.333. The van der Waals surface area contributed by atoms with Crippen molar-refractivity contribution in [2.24, 2.45) is 0 Å². The molecule has 1 heterocycles. The second-order valence-electron chi connectivity index (χ2n) is 3.83. The van der Waals surface area contributed by atoms with Crippen molar-refractivity contribution in [1.29, 1.82) is 5.26 Å². The van der Waals surface area contributed by atoms with Crippen LogP contribution in [0, 0.1) is 32.1 Å². The summed E-state index contributed by atoms with van der Waals surface area (Å²) in [6.07, 6.45) is 0. The van der Waals surface area contributed by atoms with Gasteiger partial charge in [-0.3, -0.25) is 0 Å². The third-order valence-corrected chi connectivity index (χ3v) is 2.78. The van der Waals surface area contributed by atoms with Crippen molar-refractivity contribution < 1.29 is 0 Å². The predicted molar refractivity (Wildman–Crippen MR) is 59.6 cm³/mol. The van der Waals surface area contributed by atoms with E-state index in [0.717, 1.165) is 16.9 Å². The van der Waals surface area contributed by atoms with Crippen molar-refractivity contribution in [3.63, 3.8) is 0 Å². The molecule has 0 bridgehead atoms. The zero-order chi connectivity index (χ0) is 11.0. The summed E-state index contributed by atoms with van der Waals surface area (Å²) in [6, 6.07) is 6.33. The highest BCUT2D eigenvalue weighted by atomic mass is 15.1. The maximum atomic E-state index is 8.75. The molecule has 3 nitrogen and oxygen atoms in total. The number of aryl methyl sites for hydroxylation is 3. The van der Waals surface area contributed by atoms with E-state index in [1.54, 1.807) is 0 Å². The summed E-state index contributed by atoms with van der Waals surface area (Å²) in [5.74, 6) is 0.900. The van der Waals surface area contributed by atoms with Gasteiger partial charge in [-0.25, -0.2) is 4.98 Å². The smallest absolute Gasteiger partial charge is 0.111 e. The van der Waals surface area contributed by atoms with Crippen LogP contribution in [-0.2, 0) is 6.54 Å². The zero-order valence-corrected chi connectivity index (χ0v) is 9.20. The molecule has 3 heteroatoms. The molecule has 76 valence electrons. The van der Waals surface area contributed by atoms with Gasteiger partial charge in [0.15, 0.2) is 0 Å². The molecule has 0 saturated heterocycles. The molecule has 15 heavy (non-hydrogen) atoms. The molecular weight excluding hydrogens is 186 g/mol. The van der Waals surface area contributed by atoms with Gasteiger partial charge in [-0.2, -0.15) is 5.26 Å². The van der Waals surface area contributed by atoms with E-state index >= 15 is 0 Å². The summed E-state index contributed by atoms with van der Waals surface area (Å²) in [5.41, 5.74) is 4.51. The minimum absolute atomic E-state index is 0.366. The Balaban J connectivity index is 2.77. The summed E-state index contributed by atoms with van der Waals surface area (Å²) in [4.78, 5) is 4.45. The Labute approximate surface area is 89.0 Å². The topological polar surface area (TPSA) is 41.6 Å². The van der Waals surface area contributed by atoms with Gasteiger partial charge in [-0.1, -0.05) is 0 Å². The van der Waals surface area contributed by atoms with Gasteiger partial charge in [0, 0.05) is 0 Å². The molecule has 1 aromatic heterocycles. The van der Waals surface area contributed by atoms with Crippen molar-refractivity contribution in [1.82, 2.24) is 9.55 Å². The third-order valence-electron chi connectivity index (χ3n) is 2.78. The summed E-state index contributed by atoms with van der Waals surface area (Å²) in [6.45, 7) is 6.45. The van der Waals surface area contributed by atoms with Crippen LogP contribution >= 0.6 is 0 Å². The van der Waals surface area contributed by atoms with Crippen LogP contribution in [0.2, 0.25) is 0 Å². The van der Waals surface area contributed by atoms with Crippen LogP contribution in [0.15, 0.2) is 12.1 Å². The van der Waals surface area contributed by atoms with Crippen molar-refractivity contribution in [3.05, 3.63) is 29.1 Å². The van der Waals surface area contributed by atoms with E-state index in [-0.39, 0.29) is 0 Å². The van der Waals surface area contributed by atoms with Crippen LogP contribution in [0.5, 0.6) is 0 Å². The van der Waals surface area contributed by atoms with Gasteiger partial charge < -0.3 is 4.57 Å². The predicted octanol–water partition coefficient (Wildman–Crippen LogP) is 2.49. The van der Waals surface area contributed by atoms with Crippen molar-refractivity contribution in [3.8, 4) is 6.07 Å². The Morgan fingerprint density at radius 1 is 1.27 bits per heavy atom. The SMILES string of the molecule is Cc1cc2nc(C)n(CC#N)c2cc1C. The van der Waals surface area contributed by atoms with Gasteiger partial charge >= 0.3 is 0 Å². The van der Waals surface area contributed by atoms with Gasteiger partial charge in [0.25, 0.3) is 0 Å². The van der Waals surface area contributed by atoms with E-state index in [9.17, 15) is 0 Å². The van der Waals surface area contributed by atoms with E-state index in [0.29, 0.717) is 6.54 Å². The molecule has 1 aromatic carbocycles. The molecule has 0 aliphatic rings. The maximum absolute atomic E-state index is 8.75. The highest BCUT2D eigenvalue weighted by Gasteiger charge is 2.07. The lowest BCUT2D eigenvalue weighted by Crippen LogP contribution is -1.98. The lowest BCUT2D eigenvalue weighted by Gasteiger charge is -2.02. The molecule has 0 unspecified atom stereocenters. The maximum Gasteiger partial charge on any atom is 0.111 e. The molecule has 0 amide bonds. The van der Waals surface area contributed by atoms with E-state index in [1.165, 1.54) is 11.1 Å². The fourth-order valence-corrected chi connectivity index (χ4v) is 1.77. The molecule has 0 fully saturated rings. The largest absolute Gasteiger partial charge is 0.314 e. The van der Waals surface area contributed by atoms with Gasteiger partial charge in [-0.05, 0) is 44.0 Å². The number of imidazole rings is 1. The number of hydrogen-bond donors (Lipinski definition) is 0.